The van der Waals surface area contributed by atoms with Crippen LogP contribution in [0.4, 0.5) is 52.7 Å². The molecular formula is C28H16F12N8O. The smallest absolute Gasteiger partial charge is 0.352 e. The first kappa shape index (κ1) is 34.8. The summed E-state index contributed by atoms with van der Waals surface area (Å²) in [7, 11) is 0. The van der Waals surface area contributed by atoms with E-state index in [1.165, 1.54) is 12.1 Å². The molecule has 5 rings (SSSR count). The van der Waals surface area contributed by atoms with Gasteiger partial charge in [-0.1, -0.05) is 10.4 Å². The Morgan fingerprint density at radius 1 is 0.592 bits per heavy atom. The maximum atomic E-state index is 13.5. The van der Waals surface area contributed by atoms with Crippen LogP contribution in [0.3, 0.4) is 0 Å². The quantitative estimate of drug-likeness (QED) is 0.185. The van der Waals surface area contributed by atoms with E-state index in [9.17, 15) is 57.5 Å². The summed E-state index contributed by atoms with van der Waals surface area (Å²) in [6.07, 6.45) is -19.4. The Balaban J connectivity index is 1.56. The number of benzene rings is 2. The second kappa shape index (κ2) is 12.2. The van der Waals surface area contributed by atoms with Crippen LogP contribution in [0.1, 0.15) is 39.5 Å². The van der Waals surface area contributed by atoms with Crippen LogP contribution in [-0.2, 0) is 24.7 Å². The molecule has 3 heterocycles. The molecule has 5 aromatic rings. The number of hydrogen-bond acceptors (Lipinski definition) is 6. The molecule has 0 fully saturated rings. The predicted octanol–water partition coefficient (Wildman–Crippen LogP) is 7.40. The van der Waals surface area contributed by atoms with Crippen molar-refractivity contribution in [1.82, 2.24) is 40.3 Å². The third-order valence-electron chi connectivity index (χ3n) is 6.69. The van der Waals surface area contributed by atoms with Gasteiger partial charge in [-0.3, -0.25) is 4.79 Å². The number of hydrogen-bond donors (Lipinski definition) is 1. The van der Waals surface area contributed by atoms with Gasteiger partial charge in [-0.15, -0.1) is 10.2 Å². The van der Waals surface area contributed by atoms with Crippen LogP contribution in [0.5, 0.6) is 0 Å². The monoisotopic (exact) mass is 708 g/mol. The molecule has 21 heteroatoms. The topological polar surface area (TPSA) is 103 Å². The SMILES string of the molecule is CCNC(=O)c1cc(-c2cn(-c3ccc(C(F)(F)F)c(C(F)(F)F)c3)nn2)nc(-c2cn(-c3ccc(C(F)(F)F)c(C(F)(F)F)c3)nn2)c1. The third-order valence-corrected chi connectivity index (χ3v) is 6.69. The number of pyridine rings is 1. The minimum Gasteiger partial charge on any atom is -0.352 e. The van der Waals surface area contributed by atoms with Crippen LogP contribution < -0.4 is 5.32 Å². The highest BCUT2D eigenvalue weighted by atomic mass is 19.4. The summed E-state index contributed by atoms with van der Waals surface area (Å²) in [5.41, 5.74) is -9.52. The molecule has 0 aliphatic carbocycles. The Bertz CT molecular complexity index is 1890. The van der Waals surface area contributed by atoms with Crippen LogP contribution >= 0.6 is 0 Å². The summed E-state index contributed by atoms with van der Waals surface area (Å²) < 4.78 is 162. The van der Waals surface area contributed by atoms with Crippen molar-refractivity contribution in [2.24, 2.45) is 0 Å². The summed E-state index contributed by atoms with van der Waals surface area (Å²) in [6.45, 7) is 1.75. The molecule has 0 spiro atoms. The zero-order chi connectivity index (χ0) is 36.1. The Labute approximate surface area is 265 Å². The molecule has 0 aliphatic rings. The van der Waals surface area contributed by atoms with Crippen molar-refractivity contribution in [3.8, 4) is 34.2 Å². The first-order valence-corrected chi connectivity index (χ1v) is 13.4. The maximum Gasteiger partial charge on any atom is 0.417 e. The lowest BCUT2D eigenvalue weighted by molar-refractivity contribution is -0.162. The van der Waals surface area contributed by atoms with Gasteiger partial charge in [0.1, 0.15) is 11.4 Å². The number of amides is 1. The largest absolute Gasteiger partial charge is 0.417 e. The molecule has 0 saturated heterocycles. The van der Waals surface area contributed by atoms with E-state index in [1.54, 1.807) is 6.92 Å². The van der Waals surface area contributed by atoms with Crippen LogP contribution in [0.2, 0.25) is 0 Å². The lowest BCUT2D eigenvalue weighted by Gasteiger charge is -2.16. The summed E-state index contributed by atoms with van der Waals surface area (Å²) >= 11 is 0. The molecule has 3 aromatic heterocycles. The average molecular weight is 708 g/mol. The predicted molar refractivity (Wildman–Crippen MR) is 143 cm³/mol. The van der Waals surface area contributed by atoms with Gasteiger partial charge >= 0.3 is 24.7 Å². The van der Waals surface area contributed by atoms with E-state index in [4.69, 9.17) is 0 Å². The normalized spacial score (nSPS) is 12.8. The van der Waals surface area contributed by atoms with Gasteiger partial charge in [-0.25, -0.2) is 14.3 Å². The first-order valence-electron chi connectivity index (χ1n) is 13.4. The van der Waals surface area contributed by atoms with Crippen molar-refractivity contribution < 1.29 is 57.5 Å². The Morgan fingerprint density at radius 2 is 0.980 bits per heavy atom. The molecule has 1 N–H and O–H groups in total. The highest BCUT2D eigenvalue weighted by Gasteiger charge is 2.44. The Morgan fingerprint density at radius 3 is 1.33 bits per heavy atom. The summed E-state index contributed by atoms with van der Waals surface area (Å²) in [5.74, 6) is -0.665. The zero-order valence-corrected chi connectivity index (χ0v) is 24.1. The van der Waals surface area contributed by atoms with Crippen LogP contribution in [0, 0.1) is 0 Å². The number of carbonyl (C=O) groups excluding carboxylic acids is 1. The lowest BCUT2D eigenvalue weighted by atomic mass is 10.1. The molecule has 0 radical (unpaired) electrons. The van der Waals surface area contributed by atoms with E-state index >= 15 is 0 Å². The highest BCUT2D eigenvalue weighted by molar-refractivity contribution is 5.96. The molecule has 0 aliphatic heterocycles. The molecule has 1 amide bonds. The van der Waals surface area contributed by atoms with Gasteiger partial charge in [0.05, 0.1) is 57.4 Å². The molecule has 0 bridgehead atoms. The number of halogens is 12. The number of alkyl halides is 12. The number of nitrogens with zero attached hydrogens (tertiary/aromatic N) is 7. The van der Waals surface area contributed by atoms with Gasteiger partial charge in [0.2, 0.25) is 0 Å². The van der Waals surface area contributed by atoms with E-state index in [1.807, 2.05) is 0 Å². The van der Waals surface area contributed by atoms with Crippen molar-refractivity contribution >= 4 is 5.91 Å². The second-order valence-corrected chi connectivity index (χ2v) is 10.0. The number of rotatable bonds is 6. The van der Waals surface area contributed by atoms with Gasteiger partial charge in [0.15, 0.2) is 0 Å². The van der Waals surface area contributed by atoms with Crippen LogP contribution in [-0.4, -0.2) is 47.4 Å². The van der Waals surface area contributed by atoms with Crippen molar-refractivity contribution in [3.05, 3.63) is 88.7 Å². The molecule has 2 aromatic carbocycles. The minimum absolute atomic E-state index is 0.0891. The van der Waals surface area contributed by atoms with Gasteiger partial charge in [-0.05, 0) is 55.5 Å². The molecule has 49 heavy (non-hydrogen) atoms. The fourth-order valence-corrected chi connectivity index (χ4v) is 4.51. The van der Waals surface area contributed by atoms with E-state index in [0.717, 1.165) is 33.9 Å². The van der Waals surface area contributed by atoms with E-state index < -0.39 is 64.2 Å². The van der Waals surface area contributed by atoms with E-state index in [2.05, 4.69) is 30.9 Å². The average Bonchev–Trinajstić information content (AvgIpc) is 3.70. The molecule has 258 valence electrons. The fourth-order valence-electron chi connectivity index (χ4n) is 4.51. The number of aromatic nitrogens is 7. The Hall–Kier alpha value is -5.50. The van der Waals surface area contributed by atoms with Gasteiger partial charge in [0, 0.05) is 12.1 Å². The molecule has 0 saturated carbocycles. The minimum atomic E-state index is -5.38. The molecular weight excluding hydrogens is 692 g/mol. The fraction of sp³-hybridized carbons (Fsp3) is 0.214. The van der Waals surface area contributed by atoms with Gasteiger partial charge in [-0.2, -0.15) is 52.7 Å². The van der Waals surface area contributed by atoms with Crippen molar-refractivity contribution in [2.45, 2.75) is 31.6 Å². The first-order chi connectivity index (χ1) is 22.7. The number of carbonyl (C=O) groups is 1. The van der Waals surface area contributed by atoms with Crippen molar-refractivity contribution in [1.29, 1.82) is 0 Å². The van der Waals surface area contributed by atoms with E-state index in [0.29, 0.717) is 0 Å². The lowest BCUT2D eigenvalue weighted by Crippen LogP contribution is -2.22. The van der Waals surface area contributed by atoms with Crippen LogP contribution in [0.15, 0.2) is 60.9 Å². The Kier molecular flexibility index (Phi) is 8.66. The standard InChI is InChI=1S/C28H16F12N8O/c1-2-41-24(49)13-7-20(22-11-47(45-43-22)14-3-5-16(25(29,30)31)18(9-14)27(35,36)37)42-21(8-13)23-12-48(46-44-23)15-4-6-17(26(32,33)34)19(10-15)28(38,39)40/h3-12H,2H2,1H3,(H,41,49). The van der Waals surface area contributed by atoms with Gasteiger partial charge in [0.25, 0.3) is 5.91 Å². The molecule has 0 atom stereocenters. The summed E-state index contributed by atoms with van der Waals surface area (Å²) in [5, 5.41) is 17.4. The van der Waals surface area contributed by atoms with Crippen LogP contribution in [0.25, 0.3) is 34.2 Å². The molecule has 9 nitrogen and oxygen atoms in total. The van der Waals surface area contributed by atoms with Crippen molar-refractivity contribution in [3.63, 3.8) is 0 Å². The molecule has 0 unspecified atom stereocenters. The summed E-state index contributed by atoms with van der Waals surface area (Å²) in [4.78, 5) is 17.0. The second-order valence-electron chi connectivity index (χ2n) is 10.0. The van der Waals surface area contributed by atoms with E-state index in [-0.39, 0.29) is 59.1 Å². The third kappa shape index (κ3) is 7.33. The maximum absolute atomic E-state index is 13.5. The van der Waals surface area contributed by atoms with Gasteiger partial charge < -0.3 is 5.32 Å². The highest BCUT2D eigenvalue weighted by Crippen LogP contribution is 2.42. The number of nitrogens with one attached hydrogen (secondary N) is 1. The zero-order valence-electron chi connectivity index (χ0n) is 24.1. The summed E-state index contributed by atoms with van der Waals surface area (Å²) in [6, 6.07) is 4.71. The van der Waals surface area contributed by atoms with Crippen molar-refractivity contribution in [2.75, 3.05) is 6.54 Å².